The highest BCUT2D eigenvalue weighted by atomic mass is 32.2. The van der Waals surface area contributed by atoms with Gasteiger partial charge in [0.1, 0.15) is 0 Å². The molecule has 0 atom stereocenters. The van der Waals surface area contributed by atoms with Gasteiger partial charge in [-0.25, -0.2) is 4.98 Å². The van der Waals surface area contributed by atoms with Gasteiger partial charge in [0.25, 0.3) is 0 Å². The van der Waals surface area contributed by atoms with E-state index in [4.69, 9.17) is 0 Å². The van der Waals surface area contributed by atoms with Crippen LogP contribution in [-0.2, 0) is 6.54 Å². The third-order valence-corrected chi connectivity index (χ3v) is 3.41. The molecule has 0 fully saturated rings. The van der Waals surface area contributed by atoms with Crippen LogP contribution >= 0.6 is 11.8 Å². The lowest BCUT2D eigenvalue weighted by Crippen LogP contribution is -2.02. The zero-order chi connectivity index (χ0) is 11.5. The molecule has 16 heavy (non-hydrogen) atoms. The number of rotatable bonds is 4. The molecular weight excluding hydrogens is 216 g/mol. The predicted octanol–water partition coefficient (Wildman–Crippen LogP) is 3.80. The smallest absolute Gasteiger partial charge is 0.168 e. The topological polar surface area (TPSA) is 17.8 Å². The van der Waals surface area contributed by atoms with E-state index in [-0.39, 0.29) is 0 Å². The second-order valence-corrected chi connectivity index (χ2v) is 5.19. The number of para-hydroxylation sites is 2. The van der Waals surface area contributed by atoms with E-state index in [1.54, 1.807) is 11.8 Å². The van der Waals surface area contributed by atoms with E-state index in [2.05, 4.69) is 47.9 Å². The van der Waals surface area contributed by atoms with Crippen LogP contribution < -0.4 is 0 Å². The number of hydrogen-bond acceptors (Lipinski definition) is 2. The zero-order valence-corrected chi connectivity index (χ0v) is 10.9. The minimum atomic E-state index is 0.732. The Hall–Kier alpha value is -0.960. The highest BCUT2D eigenvalue weighted by Crippen LogP contribution is 2.23. The van der Waals surface area contributed by atoms with E-state index >= 15 is 0 Å². The third-order valence-electron chi connectivity index (χ3n) is 2.73. The van der Waals surface area contributed by atoms with E-state index < -0.39 is 0 Å². The van der Waals surface area contributed by atoms with Crippen molar-refractivity contribution in [1.82, 2.24) is 9.55 Å². The standard InChI is InChI=1S/C13H18N2S/c1-10(2)8-9-15-12-7-5-4-6-11(12)14-13(15)16-3/h4-7,10H,8-9H2,1-3H3. The summed E-state index contributed by atoms with van der Waals surface area (Å²) in [7, 11) is 0. The van der Waals surface area contributed by atoms with Crippen LogP contribution in [0, 0.1) is 5.92 Å². The van der Waals surface area contributed by atoms with Crippen LogP contribution in [0.4, 0.5) is 0 Å². The molecule has 0 spiro atoms. The van der Waals surface area contributed by atoms with Gasteiger partial charge in [-0.05, 0) is 30.7 Å². The van der Waals surface area contributed by atoms with Gasteiger partial charge in [-0.2, -0.15) is 0 Å². The Morgan fingerprint density at radius 2 is 2.06 bits per heavy atom. The van der Waals surface area contributed by atoms with Gasteiger partial charge in [0.2, 0.25) is 0 Å². The maximum Gasteiger partial charge on any atom is 0.168 e. The Labute approximate surface area is 101 Å². The molecule has 3 heteroatoms. The predicted molar refractivity (Wildman–Crippen MR) is 71.0 cm³/mol. The van der Waals surface area contributed by atoms with Crippen molar-refractivity contribution in [1.29, 1.82) is 0 Å². The molecule has 1 aromatic carbocycles. The van der Waals surface area contributed by atoms with Gasteiger partial charge in [-0.1, -0.05) is 37.7 Å². The summed E-state index contributed by atoms with van der Waals surface area (Å²) < 4.78 is 2.33. The Bertz CT molecular complexity index is 474. The largest absolute Gasteiger partial charge is 0.319 e. The normalized spacial score (nSPS) is 11.5. The quantitative estimate of drug-likeness (QED) is 0.749. The second kappa shape index (κ2) is 4.91. The summed E-state index contributed by atoms with van der Waals surface area (Å²) >= 11 is 1.72. The maximum atomic E-state index is 4.64. The summed E-state index contributed by atoms with van der Waals surface area (Å²) in [4.78, 5) is 4.64. The van der Waals surface area contributed by atoms with Crippen molar-refractivity contribution in [2.75, 3.05) is 6.26 Å². The average molecular weight is 234 g/mol. The van der Waals surface area contributed by atoms with Crippen LogP contribution in [-0.4, -0.2) is 15.8 Å². The van der Waals surface area contributed by atoms with Crippen LogP contribution in [0.2, 0.25) is 0 Å². The van der Waals surface area contributed by atoms with Gasteiger partial charge in [0.15, 0.2) is 5.16 Å². The van der Waals surface area contributed by atoms with E-state index in [0.717, 1.165) is 23.1 Å². The molecule has 2 rings (SSSR count). The maximum absolute atomic E-state index is 4.64. The van der Waals surface area contributed by atoms with Crippen molar-refractivity contribution in [2.24, 2.45) is 5.92 Å². The number of fused-ring (bicyclic) bond motifs is 1. The molecule has 2 nitrogen and oxygen atoms in total. The Balaban J connectivity index is 2.39. The van der Waals surface area contributed by atoms with Crippen molar-refractivity contribution in [2.45, 2.75) is 32.0 Å². The van der Waals surface area contributed by atoms with Crippen LogP contribution in [0.25, 0.3) is 11.0 Å². The van der Waals surface area contributed by atoms with Crippen molar-refractivity contribution in [3.05, 3.63) is 24.3 Å². The second-order valence-electron chi connectivity index (χ2n) is 4.42. The molecule has 1 heterocycles. The fraction of sp³-hybridized carbons (Fsp3) is 0.462. The van der Waals surface area contributed by atoms with E-state index in [9.17, 15) is 0 Å². The van der Waals surface area contributed by atoms with Crippen LogP contribution in [0.5, 0.6) is 0 Å². The Kier molecular flexibility index (Phi) is 3.54. The number of thioether (sulfide) groups is 1. The lowest BCUT2D eigenvalue weighted by atomic mass is 10.1. The van der Waals surface area contributed by atoms with Crippen molar-refractivity contribution in [3.63, 3.8) is 0 Å². The van der Waals surface area contributed by atoms with Crippen LogP contribution in [0.3, 0.4) is 0 Å². The van der Waals surface area contributed by atoms with E-state index in [0.29, 0.717) is 0 Å². The molecule has 0 saturated carbocycles. The molecule has 0 bridgehead atoms. The first-order chi connectivity index (χ1) is 7.72. The molecule has 0 aliphatic rings. The molecule has 0 N–H and O–H groups in total. The number of benzene rings is 1. The fourth-order valence-corrected chi connectivity index (χ4v) is 2.41. The first kappa shape index (κ1) is 11.5. The summed E-state index contributed by atoms with van der Waals surface area (Å²) in [5.41, 5.74) is 2.36. The van der Waals surface area contributed by atoms with Crippen LogP contribution in [0.1, 0.15) is 20.3 Å². The molecule has 0 aliphatic carbocycles. The van der Waals surface area contributed by atoms with E-state index in [1.807, 2.05) is 6.07 Å². The number of nitrogens with zero attached hydrogens (tertiary/aromatic N) is 2. The van der Waals surface area contributed by atoms with Crippen molar-refractivity contribution in [3.8, 4) is 0 Å². The average Bonchev–Trinajstić information content (AvgIpc) is 2.64. The van der Waals surface area contributed by atoms with E-state index in [1.165, 1.54) is 11.9 Å². The fourth-order valence-electron chi connectivity index (χ4n) is 1.81. The van der Waals surface area contributed by atoms with Gasteiger partial charge in [0, 0.05) is 6.54 Å². The van der Waals surface area contributed by atoms with Gasteiger partial charge in [-0.3, -0.25) is 0 Å². The summed E-state index contributed by atoms with van der Waals surface area (Å²) in [6.45, 7) is 5.59. The van der Waals surface area contributed by atoms with Gasteiger partial charge < -0.3 is 4.57 Å². The summed E-state index contributed by atoms with van der Waals surface area (Å²) in [6.07, 6.45) is 3.29. The lowest BCUT2D eigenvalue weighted by Gasteiger charge is -2.09. The SMILES string of the molecule is CSc1nc2ccccc2n1CCC(C)C. The molecule has 86 valence electrons. The first-order valence-electron chi connectivity index (χ1n) is 5.71. The Morgan fingerprint density at radius 3 is 2.75 bits per heavy atom. The third kappa shape index (κ3) is 2.24. The number of aryl methyl sites for hydroxylation is 1. The van der Waals surface area contributed by atoms with Crippen molar-refractivity contribution >= 4 is 22.8 Å². The number of aromatic nitrogens is 2. The van der Waals surface area contributed by atoms with Crippen molar-refractivity contribution < 1.29 is 0 Å². The Morgan fingerprint density at radius 1 is 1.31 bits per heavy atom. The van der Waals surface area contributed by atoms with Gasteiger partial charge in [-0.15, -0.1) is 0 Å². The highest BCUT2D eigenvalue weighted by molar-refractivity contribution is 7.98. The summed E-state index contributed by atoms with van der Waals surface area (Å²) in [5.74, 6) is 0.732. The molecule has 0 aliphatic heterocycles. The molecule has 0 unspecified atom stereocenters. The number of imidazole rings is 1. The lowest BCUT2D eigenvalue weighted by molar-refractivity contribution is 0.504. The minimum Gasteiger partial charge on any atom is -0.319 e. The highest BCUT2D eigenvalue weighted by Gasteiger charge is 2.09. The molecule has 2 aromatic rings. The van der Waals surface area contributed by atoms with Crippen LogP contribution in [0.15, 0.2) is 29.4 Å². The molecular formula is C13H18N2S. The monoisotopic (exact) mass is 234 g/mol. The molecule has 0 amide bonds. The molecule has 0 radical (unpaired) electrons. The molecule has 1 aromatic heterocycles. The minimum absolute atomic E-state index is 0.732. The molecule has 0 saturated heterocycles. The zero-order valence-electron chi connectivity index (χ0n) is 10.1. The summed E-state index contributed by atoms with van der Waals surface area (Å²) in [5, 5.41) is 1.13. The first-order valence-corrected chi connectivity index (χ1v) is 6.94. The number of hydrogen-bond donors (Lipinski definition) is 0. The van der Waals surface area contributed by atoms with Gasteiger partial charge >= 0.3 is 0 Å². The van der Waals surface area contributed by atoms with Gasteiger partial charge in [0.05, 0.1) is 11.0 Å². The summed E-state index contributed by atoms with van der Waals surface area (Å²) in [6, 6.07) is 8.37.